The lowest BCUT2D eigenvalue weighted by molar-refractivity contribution is 0.602. The summed E-state index contributed by atoms with van der Waals surface area (Å²) in [6.07, 6.45) is 1.20. The molecule has 1 N–H and O–H groups in total. The van der Waals surface area contributed by atoms with Crippen LogP contribution in [0.3, 0.4) is 0 Å². The van der Waals surface area contributed by atoms with Crippen molar-refractivity contribution >= 4 is 21.0 Å². The molecule has 2 heterocycles. The molecule has 0 atom stereocenters. The van der Waals surface area contributed by atoms with Gasteiger partial charge in [0.05, 0.1) is 10.6 Å². The molecule has 1 aromatic carbocycles. The van der Waals surface area contributed by atoms with E-state index in [1.807, 2.05) is 7.05 Å². The van der Waals surface area contributed by atoms with Gasteiger partial charge >= 0.3 is 0 Å². The van der Waals surface area contributed by atoms with Crippen LogP contribution in [-0.4, -0.2) is 34.4 Å². The van der Waals surface area contributed by atoms with Gasteiger partial charge in [-0.15, -0.1) is 0 Å². The molecule has 6 nitrogen and oxygen atoms in total. The largest absolute Gasteiger partial charge is 0.335 e. The van der Waals surface area contributed by atoms with Crippen LogP contribution in [0.25, 0.3) is 22.6 Å². The van der Waals surface area contributed by atoms with Crippen molar-refractivity contribution in [2.24, 2.45) is 7.05 Å². The van der Waals surface area contributed by atoms with Crippen LogP contribution in [0, 0.1) is 0 Å². The summed E-state index contributed by atoms with van der Waals surface area (Å²) in [5, 5.41) is 4.47. The van der Waals surface area contributed by atoms with E-state index in [0.717, 1.165) is 22.4 Å². The van der Waals surface area contributed by atoms with Gasteiger partial charge < -0.3 is 4.98 Å². The van der Waals surface area contributed by atoms with Gasteiger partial charge in [-0.05, 0) is 30.2 Å². The fourth-order valence-electron chi connectivity index (χ4n) is 2.44. The van der Waals surface area contributed by atoms with Gasteiger partial charge in [-0.25, -0.2) is 18.1 Å². The zero-order valence-corrected chi connectivity index (χ0v) is 13.8. The normalized spacial score (nSPS) is 12.4. The first-order valence-electron chi connectivity index (χ1n) is 7.00. The molecule has 0 bridgehead atoms. The summed E-state index contributed by atoms with van der Waals surface area (Å²) < 4.78 is 24.8. The minimum absolute atomic E-state index is 0.296. The van der Waals surface area contributed by atoms with Gasteiger partial charge in [0.15, 0.2) is 15.5 Å². The Morgan fingerprint density at radius 2 is 1.82 bits per heavy atom. The molecule has 0 amide bonds. The summed E-state index contributed by atoms with van der Waals surface area (Å²) in [5.74, 6) is 1.01. The topological polar surface area (TPSA) is 80.6 Å². The van der Waals surface area contributed by atoms with Gasteiger partial charge in [-0.2, -0.15) is 5.10 Å². The van der Waals surface area contributed by atoms with Crippen LogP contribution in [-0.2, 0) is 16.9 Å². The fourth-order valence-corrected chi connectivity index (χ4v) is 3.07. The summed E-state index contributed by atoms with van der Waals surface area (Å²) in [6, 6.07) is 6.71. The Labute approximate surface area is 129 Å². The lowest BCUT2D eigenvalue weighted by Crippen LogP contribution is -1.97. The van der Waals surface area contributed by atoms with Crippen molar-refractivity contribution in [3.8, 4) is 11.4 Å². The second-order valence-corrected chi connectivity index (χ2v) is 7.76. The predicted octanol–water partition coefficient (Wildman–Crippen LogP) is 2.49. The van der Waals surface area contributed by atoms with Crippen molar-refractivity contribution in [2.75, 3.05) is 6.26 Å². The Hall–Kier alpha value is -2.15. The molecule has 0 radical (unpaired) electrons. The third-order valence-electron chi connectivity index (χ3n) is 3.61. The monoisotopic (exact) mass is 318 g/mol. The first kappa shape index (κ1) is 14.8. The Bertz CT molecular complexity index is 934. The maximum Gasteiger partial charge on any atom is 0.176 e. The molecular weight excluding hydrogens is 300 g/mol. The van der Waals surface area contributed by atoms with E-state index >= 15 is 0 Å². The first-order valence-corrected chi connectivity index (χ1v) is 8.89. The van der Waals surface area contributed by atoms with Crippen molar-refractivity contribution in [3.05, 3.63) is 30.0 Å². The third-order valence-corrected chi connectivity index (χ3v) is 4.74. The number of sulfone groups is 1. The quantitative estimate of drug-likeness (QED) is 0.804. The van der Waals surface area contributed by atoms with Crippen molar-refractivity contribution in [2.45, 2.75) is 24.7 Å². The van der Waals surface area contributed by atoms with Crippen LogP contribution in [0.1, 0.15) is 25.5 Å². The van der Waals surface area contributed by atoms with E-state index in [4.69, 9.17) is 0 Å². The maximum absolute atomic E-state index is 11.5. The summed E-state index contributed by atoms with van der Waals surface area (Å²) >= 11 is 0. The number of nitrogens with zero attached hydrogens (tertiary/aromatic N) is 3. The van der Waals surface area contributed by atoms with Crippen LogP contribution in [0.4, 0.5) is 0 Å². The van der Waals surface area contributed by atoms with Gasteiger partial charge in [0, 0.05) is 18.9 Å². The van der Waals surface area contributed by atoms with Crippen LogP contribution in [0.15, 0.2) is 29.2 Å². The molecule has 3 rings (SSSR count). The predicted molar refractivity (Wildman–Crippen MR) is 85.5 cm³/mol. The van der Waals surface area contributed by atoms with Gasteiger partial charge in [0.1, 0.15) is 11.3 Å². The van der Waals surface area contributed by atoms with E-state index in [1.54, 1.807) is 28.9 Å². The molecule has 0 fully saturated rings. The smallest absolute Gasteiger partial charge is 0.176 e. The molecule has 0 spiro atoms. The highest BCUT2D eigenvalue weighted by molar-refractivity contribution is 7.90. The van der Waals surface area contributed by atoms with Crippen LogP contribution < -0.4 is 0 Å². The fraction of sp³-hybridized carbons (Fsp3) is 0.333. The van der Waals surface area contributed by atoms with Crippen molar-refractivity contribution in [1.29, 1.82) is 0 Å². The molecule has 116 valence electrons. The average molecular weight is 318 g/mol. The zero-order chi connectivity index (χ0) is 16.1. The van der Waals surface area contributed by atoms with Crippen LogP contribution in [0.5, 0.6) is 0 Å². The summed E-state index contributed by atoms with van der Waals surface area (Å²) in [5.41, 5.74) is 3.55. The van der Waals surface area contributed by atoms with E-state index in [9.17, 15) is 8.42 Å². The molecule has 0 saturated heterocycles. The number of rotatable bonds is 3. The highest BCUT2D eigenvalue weighted by atomic mass is 32.2. The van der Waals surface area contributed by atoms with Gasteiger partial charge in [-0.1, -0.05) is 13.8 Å². The summed E-state index contributed by atoms with van der Waals surface area (Å²) in [6.45, 7) is 4.17. The number of H-pyrrole nitrogens is 1. The van der Waals surface area contributed by atoms with Crippen molar-refractivity contribution < 1.29 is 8.42 Å². The van der Waals surface area contributed by atoms with Gasteiger partial charge in [-0.3, -0.25) is 0 Å². The molecule has 22 heavy (non-hydrogen) atoms. The lowest BCUT2D eigenvalue weighted by Gasteiger charge is -2.01. The van der Waals surface area contributed by atoms with Gasteiger partial charge in [0.2, 0.25) is 0 Å². The Morgan fingerprint density at radius 3 is 2.36 bits per heavy atom. The number of hydrogen-bond acceptors (Lipinski definition) is 4. The Balaban J connectivity index is 2.09. The van der Waals surface area contributed by atoms with Crippen molar-refractivity contribution in [3.63, 3.8) is 0 Å². The molecule has 7 heteroatoms. The molecule has 0 saturated carbocycles. The number of nitrogens with one attached hydrogen (secondary N) is 1. The zero-order valence-electron chi connectivity index (χ0n) is 13.0. The van der Waals surface area contributed by atoms with E-state index in [0.29, 0.717) is 16.6 Å². The van der Waals surface area contributed by atoms with Gasteiger partial charge in [0.25, 0.3) is 0 Å². The molecule has 0 unspecified atom stereocenters. The second-order valence-electron chi connectivity index (χ2n) is 5.74. The number of benzene rings is 1. The van der Waals surface area contributed by atoms with E-state index in [1.165, 1.54) is 6.26 Å². The number of hydrogen-bond donors (Lipinski definition) is 1. The minimum atomic E-state index is -3.18. The highest BCUT2D eigenvalue weighted by Crippen LogP contribution is 2.26. The van der Waals surface area contributed by atoms with Crippen molar-refractivity contribution in [1.82, 2.24) is 19.7 Å². The molecule has 0 aliphatic rings. The standard InChI is InChI=1S/C15H18N4O2S/c1-9(2)12-13-15(19(3)18-12)17-14(16-13)10-5-7-11(8-6-10)22(4,20)21/h5-9H,1-4H3,(H,16,17). The van der Waals surface area contributed by atoms with E-state index < -0.39 is 9.84 Å². The number of fused-ring (bicyclic) bond motifs is 1. The third kappa shape index (κ3) is 2.41. The lowest BCUT2D eigenvalue weighted by atomic mass is 10.1. The average Bonchev–Trinajstić information content (AvgIpc) is 2.99. The number of aromatic amines is 1. The number of imidazole rings is 1. The molecule has 0 aliphatic carbocycles. The minimum Gasteiger partial charge on any atom is -0.335 e. The second kappa shape index (κ2) is 4.95. The molecule has 0 aliphatic heterocycles. The van der Waals surface area contributed by atoms with E-state index in [2.05, 4.69) is 28.9 Å². The maximum atomic E-state index is 11.5. The van der Waals surface area contributed by atoms with Crippen LogP contribution in [0.2, 0.25) is 0 Å². The molecular formula is C15H18N4O2S. The van der Waals surface area contributed by atoms with E-state index in [-0.39, 0.29) is 0 Å². The Morgan fingerprint density at radius 1 is 1.18 bits per heavy atom. The first-order chi connectivity index (χ1) is 10.3. The SMILES string of the molecule is CC(C)c1nn(C)c2nc(-c3ccc(S(C)(=O)=O)cc3)[nH]c12. The van der Waals surface area contributed by atoms with Crippen LogP contribution >= 0.6 is 0 Å². The number of aryl methyl sites for hydroxylation is 1. The number of aromatic nitrogens is 4. The molecule has 3 aromatic rings. The summed E-state index contributed by atoms with van der Waals surface area (Å²) in [4.78, 5) is 8.17. The molecule has 2 aromatic heterocycles. The Kier molecular flexibility index (Phi) is 3.32. The highest BCUT2D eigenvalue weighted by Gasteiger charge is 2.17. The summed E-state index contributed by atoms with van der Waals surface area (Å²) in [7, 11) is -1.32.